The van der Waals surface area contributed by atoms with Gasteiger partial charge in [0, 0.05) is 11.1 Å². The summed E-state index contributed by atoms with van der Waals surface area (Å²) in [5.74, 6) is 0.531. The van der Waals surface area contributed by atoms with Crippen molar-refractivity contribution in [2.24, 2.45) is 0 Å². The first kappa shape index (κ1) is 5.77. The number of nitrogens with one attached hydrogen (secondary N) is 1. The Morgan fingerprint density at radius 2 is 2.40 bits per heavy atom. The number of rotatable bonds is 1. The highest BCUT2D eigenvalue weighted by atomic mass is 15.0. The lowest BCUT2D eigenvalue weighted by atomic mass is 10.1. The summed E-state index contributed by atoms with van der Waals surface area (Å²) in [6, 6.07) is 0. The molecule has 2 rings (SSSR count). The Hall–Kier alpha value is -0.990. The molecule has 1 fully saturated rings. The summed E-state index contributed by atoms with van der Waals surface area (Å²) in [5, 5.41) is 0. The fourth-order valence-corrected chi connectivity index (χ4v) is 1.10. The Morgan fingerprint density at radius 1 is 1.70 bits per heavy atom. The van der Waals surface area contributed by atoms with E-state index in [0.29, 0.717) is 11.4 Å². The first-order valence-electron chi connectivity index (χ1n) is 3.52. The molecule has 1 aliphatic carbocycles. The predicted molar refractivity (Wildman–Crippen MR) is 39.6 cm³/mol. The van der Waals surface area contributed by atoms with Gasteiger partial charge in [-0.1, -0.05) is 6.92 Å². The lowest BCUT2D eigenvalue weighted by molar-refractivity contribution is 0.758. The molecule has 10 heavy (non-hydrogen) atoms. The van der Waals surface area contributed by atoms with Crippen molar-refractivity contribution in [3.05, 3.63) is 11.9 Å². The minimum absolute atomic E-state index is 0.366. The third kappa shape index (κ3) is 0.701. The van der Waals surface area contributed by atoms with Gasteiger partial charge in [-0.2, -0.15) is 0 Å². The van der Waals surface area contributed by atoms with Crippen LogP contribution in [0.25, 0.3) is 0 Å². The number of anilines is 1. The molecule has 0 aromatic carbocycles. The van der Waals surface area contributed by atoms with Crippen molar-refractivity contribution in [2.45, 2.75) is 25.2 Å². The molecule has 0 unspecified atom stereocenters. The van der Waals surface area contributed by atoms with E-state index in [0.717, 1.165) is 0 Å². The summed E-state index contributed by atoms with van der Waals surface area (Å²) in [6.07, 6.45) is 4.35. The van der Waals surface area contributed by atoms with Gasteiger partial charge in [-0.25, -0.2) is 4.98 Å². The fourth-order valence-electron chi connectivity index (χ4n) is 1.10. The first-order chi connectivity index (χ1) is 4.71. The first-order valence-corrected chi connectivity index (χ1v) is 3.52. The summed E-state index contributed by atoms with van der Waals surface area (Å²) in [5.41, 5.74) is 6.99. The molecule has 1 aromatic rings. The standard InChI is InChI=1S/C7H11N3/c1-7(2-3-7)5-4-9-6(8)10-5/h4H,2-3H2,1H3,(H3,8,9,10). The second kappa shape index (κ2) is 1.54. The molecule has 1 aromatic heterocycles. The number of hydrogen-bond donors (Lipinski definition) is 2. The van der Waals surface area contributed by atoms with Crippen molar-refractivity contribution in [1.29, 1.82) is 0 Å². The zero-order valence-electron chi connectivity index (χ0n) is 6.02. The summed E-state index contributed by atoms with van der Waals surface area (Å²) in [7, 11) is 0. The van der Waals surface area contributed by atoms with Crippen molar-refractivity contribution < 1.29 is 0 Å². The fraction of sp³-hybridized carbons (Fsp3) is 0.571. The number of nitrogens with two attached hydrogens (primary N) is 1. The molecule has 54 valence electrons. The van der Waals surface area contributed by atoms with Gasteiger partial charge < -0.3 is 10.7 Å². The second-order valence-corrected chi connectivity index (χ2v) is 3.24. The van der Waals surface area contributed by atoms with Crippen LogP contribution in [-0.2, 0) is 5.41 Å². The smallest absolute Gasteiger partial charge is 0.197 e. The second-order valence-electron chi connectivity index (χ2n) is 3.24. The number of nitrogens with zero attached hydrogens (tertiary/aromatic N) is 1. The van der Waals surface area contributed by atoms with Gasteiger partial charge >= 0.3 is 0 Å². The van der Waals surface area contributed by atoms with Gasteiger partial charge in [0.05, 0.1) is 6.20 Å². The zero-order chi connectivity index (χ0) is 7.19. The van der Waals surface area contributed by atoms with Gasteiger partial charge in [-0.15, -0.1) is 0 Å². The molecule has 0 radical (unpaired) electrons. The van der Waals surface area contributed by atoms with E-state index in [1.165, 1.54) is 18.5 Å². The van der Waals surface area contributed by atoms with Crippen LogP contribution in [0.15, 0.2) is 6.20 Å². The number of hydrogen-bond acceptors (Lipinski definition) is 2. The highest BCUT2D eigenvalue weighted by Crippen LogP contribution is 2.46. The van der Waals surface area contributed by atoms with Crippen LogP contribution in [-0.4, -0.2) is 9.97 Å². The molecule has 0 atom stereocenters. The van der Waals surface area contributed by atoms with E-state index < -0.39 is 0 Å². The topological polar surface area (TPSA) is 54.7 Å². The van der Waals surface area contributed by atoms with E-state index in [4.69, 9.17) is 5.73 Å². The van der Waals surface area contributed by atoms with E-state index in [1.54, 1.807) is 0 Å². The van der Waals surface area contributed by atoms with Crippen molar-refractivity contribution in [2.75, 3.05) is 5.73 Å². The average Bonchev–Trinajstić information content (AvgIpc) is 2.45. The minimum atomic E-state index is 0.366. The zero-order valence-corrected chi connectivity index (χ0v) is 6.02. The molecule has 1 aliphatic rings. The molecule has 0 saturated heterocycles. The van der Waals surface area contributed by atoms with Crippen LogP contribution in [0, 0.1) is 0 Å². The minimum Gasteiger partial charge on any atom is -0.369 e. The maximum absolute atomic E-state index is 5.44. The number of H-pyrrole nitrogens is 1. The predicted octanol–water partition coefficient (Wildman–Crippen LogP) is 1.04. The highest BCUT2D eigenvalue weighted by molar-refractivity contribution is 5.27. The Labute approximate surface area is 59.7 Å². The lowest BCUT2D eigenvalue weighted by Gasteiger charge is -2.01. The Bertz CT molecular complexity index is 247. The third-order valence-electron chi connectivity index (χ3n) is 2.25. The lowest BCUT2D eigenvalue weighted by Crippen LogP contribution is -1.99. The van der Waals surface area contributed by atoms with Crippen LogP contribution < -0.4 is 5.73 Å². The molecule has 0 aliphatic heterocycles. The van der Waals surface area contributed by atoms with Crippen LogP contribution >= 0.6 is 0 Å². The van der Waals surface area contributed by atoms with Crippen LogP contribution in [0.4, 0.5) is 5.95 Å². The highest BCUT2D eigenvalue weighted by Gasteiger charge is 2.40. The van der Waals surface area contributed by atoms with E-state index in [-0.39, 0.29) is 0 Å². The molecule has 1 heterocycles. The molecule has 0 spiro atoms. The molecule has 0 bridgehead atoms. The molecule has 3 nitrogen and oxygen atoms in total. The Morgan fingerprint density at radius 3 is 2.80 bits per heavy atom. The molecular weight excluding hydrogens is 126 g/mol. The molecule has 0 amide bonds. The van der Waals surface area contributed by atoms with E-state index in [1.807, 2.05) is 6.20 Å². The van der Waals surface area contributed by atoms with Crippen molar-refractivity contribution in [3.8, 4) is 0 Å². The molecule has 3 N–H and O–H groups in total. The van der Waals surface area contributed by atoms with E-state index in [9.17, 15) is 0 Å². The molecular formula is C7H11N3. The van der Waals surface area contributed by atoms with E-state index in [2.05, 4.69) is 16.9 Å². The maximum atomic E-state index is 5.44. The summed E-state index contributed by atoms with van der Waals surface area (Å²) in [4.78, 5) is 6.99. The summed E-state index contributed by atoms with van der Waals surface area (Å²) in [6.45, 7) is 2.22. The molecule has 3 heteroatoms. The average molecular weight is 137 g/mol. The maximum Gasteiger partial charge on any atom is 0.197 e. The number of aromatic amines is 1. The number of imidazole rings is 1. The Kier molecular flexibility index (Phi) is 0.886. The number of aromatic nitrogens is 2. The van der Waals surface area contributed by atoms with Crippen LogP contribution in [0.3, 0.4) is 0 Å². The third-order valence-corrected chi connectivity index (χ3v) is 2.25. The van der Waals surface area contributed by atoms with Gasteiger partial charge in [0.2, 0.25) is 0 Å². The monoisotopic (exact) mass is 137 g/mol. The van der Waals surface area contributed by atoms with E-state index >= 15 is 0 Å². The van der Waals surface area contributed by atoms with Gasteiger partial charge in [0.25, 0.3) is 0 Å². The number of nitrogen functional groups attached to an aromatic ring is 1. The van der Waals surface area contributed by atoms with Gasteiger partial charge in [-0.3, -0.25) is 0 Å². The van der Waals surface area contributed by atoms with Crippen LogP contribution in [0.5, 0.6) is 0 Å². The quantitative estimate of drug-likeness (QED) is 0.607. The normalized spacial score (nSPS) is 20.9. The van der Waals surface area contributed by atoms with Crippen molar-refractivity contribution in [3.63, 3.8) is 0 Å². The molecule has 1 saturated carbocycles. The SMILES string of the molecule is CC1(c2cnc(N)[nH]2)CC1. The van der Waals surface area contributed by atoms with Gasteiger partial charge in [-0.05, 0) is 12.8 Å². The van der Waals surface area contributed by atoms with Crippen molar-refractivity contribution >= 4 is 5.95 Å². The summed E-state index contributed by atoms with van der Waals surface area (Å²) >= 11 is 0. The van der Waals surface area contributed by atoms with Gasteiger partial charge in [0.1, 0.15) is 0 Å². The van der Waals surface area contributed by atoms with Crippen LogP contribution in [0.1, 0.15) is 25.5 Å². The Balaban J connectivity index is 2.34. The van der Waals surface area contributed by atoms with Crippen LogP contribution in [0.2, 0.25) is 0 Å². The van der Waals surface area contributed by atoms with Gasteiger partial charge in [0.15, 0.2) is 5.95 Å². The largest absolute Gasteiger partial charge is 0.369 e. The van der Waals surface area contributed by atoms with Crippen molar-refractivity contribution in [1.82, 2.24) is 9.97 Å². The summed E-state index contributed by atoms with van der Waals surface area (Å²) < 4.78 is 0.